The molecule has 5 heteroatoms. The van der Waals surface area contributed by atoms with Gasteiger partial charge in [-0.15, -0.1) is 0 Å². The standard InChI is InChI=1S/C16H18N2O3/c1-17-10-6-9-14(17)16(20)18(12-15(19)21-2)11-13-7-4-3-5-8-13/h3-10H,11-12H2,1-2H3. The summed E-state index contributed by atoms with van der Waals surface area (Å²) in [5.74, 6) is -0.634. The minimum atomic E-state index is -0.437. The first kappa shape index (κ1) is 14.8. The number of ether oxygens (including phenoxy) is 1. The lowest BCUT2D eigenvalue weighted by Crippen LogP contribution is -2.36. The Morgan fingerprint density at radius 3 is 2.43 bits per heavy atom. The van der Waals surface area contributed by atoms with Crippen LogP contribution in [0.1, 0.15) is 16.1 Å². The molecule has 0 radical (unpaired) electrons. The topological polar surface area (TPSA) is 51.5 Å². The van der Waals surface area contributed by atoms with Crippen LogP contribution in [0.4, 0.5) is 0 Å². The first-order chi connectivity index (χ1) is 10.1. The predicted octanol–water partition coefficient (Wildman–Crippen LogP) is 1.84. The molecule has 0 atom stereocenters. The number of aryl methyl sites for hydroxylation is 1. The fraction of sp³-hybridized carbons (Fsp3) is 0.250. The fourth-order valence-electron chi connectivity index (χ4n) is 2.07. The zero-order valence-electron chi connectivity index (χ0n) is 12.2. The second-order valence-electron chi connectivity index (χ2n) is 4.73. The molecule has 0 aliphatic rings. The van der Waals surface area contributed by atoms with Gasteiger partial charge in [0, 0.05) is 19.8 Å². The number of amides is 1. The summed E-state index contributed by atoms with van der Waals surface area (Å²) in [4.78, 5) is 25.6. The highest BCUT2D eigenvalue weighted by Gasteiger charge is 2.21. The summed E-state index contributed by atoms with van der Waals surface area (Å²) in [6, 6.07) is 13.1. The number of esters is 1. The molecule has 2 aromatic rings. The molecule has 0 aliphatic heterocycles. The van der Waals surface area contributed by atoms with Crippen LogP contribution in [0.5, 0.6) is 0 Å². The van der Waals surface area contributed by atoms with Crippen molar-refractivity contribution in [1.82, 2.24) is 9.47 Å². The van der Waals surface area contributed by atoms with Crippen molar-refractivity contribution < 1.29 is 14.3 Å². The Hall–Kier alpha value is -2.56. The van der Waals surface area contributed by atoms with Crippen LogP contribution < -0.4 is 0 Å². The molecule has 2 rings (SSSR count). The van der Waals surface area contributed by atoms with Crippen molar-refractivity contribution in [3.63, 3.8) is 0 Å². The summed E-state index contributed by atoms with van der Waals surface area (Å²) in [5.41, 5.74) is 1.50. The summed E-state index contributed by atoms with van der Waals surface area (Å²) >= 11 is 0. The fourth-order valence-corrected chi connectivity index (χ4v) is 2.07. The van der Waals surface area contributed by atoms with E-state index in [0.717, 1.165) is 5.56 Å². The second-order valence-corrected chi connectivity index (χ2v) is 4.73. The molecule has 21 heavy (non-hydrogen) atoms. The van der Waals surface area contributed by atoms with Crippen molar-refractivity contribution in [3.8, 4) is 0 Å². The average Bonchev–Trinajstić information content (AvgIpc) is 2.93. The van der Waals surface area contributed by atoms with Crippen molar-refractivity contribution in [2.45, 2.75) is 6.54 Å². The lowest BCUT2D eigenvalue weighted by Gasteiger charge is -2.21. The molecule has 5 nitrogen and oxygen atoms in total. The smallest absolute Gasteiger partial charge is 0.325 e. The van der Waals surface area contributed by atoms with E-state index in [1.54, 1.807) is 29.9 Å². The van der Waals surface area contributed by atoms with Gasteiger partial charge in [-0.05, 0) is 17.7 Å². The number of hydrogen-bond donors (Lipinski definition) is 0. The van der Waals surface area contributed by atoms with E-state index in [4.69, 9.17) is 0 Å². The molecule has 0 saturated carbocycles. The van der Waals surface area contributed by atoms with E-state index >= 15 is 0 Å². The van der Waals surface area contributed by atoms with Gasteiger partial charge in [0.1, 0.15) is 12.2 Å². The molecule has 0 unspecified atom stereocenters. The van der Waals surface area contributed by atoms with Crippen LogP contribution in [-0.4, -0.2) is 35.0 Å². The highest BCUT2D eigenvalue weighted by Crippen LogP contribution is 2.10. The Balaban J connectivity index is 2.21. The minimum absolute atomic E-state index is 0.0740. The Morgan fingerprint density at radius 2 is 1.86 bits per heavy atom. The summed E-state index contributed by atoms with van der Waals surface area (Å²) in [6.07, 6.45) is 1.80. The number of rotatable bonds is 5. The number of methoxy groups -OCH3 is 1. The molecule has 0 bridgehead atoms. The van der Waals surface area contributed by atoms with E-state index in [2.05, 4.69) is 4.74 Å². The molecule has 1 amide bonds. The molecule has 0 saturated heterocycles. The van der Waals surface area contributed by atoms with Gasteiger partial charge in [0.2, 0.25) is 0 Å². The van der Waals surface area contributed by atoms with Crippen LogP contribution >= 0.6 is 0 Å². The zero-order valence-corrected chi connectivity index (χ0v) is 12.2. The van der Waals surface area contributed by atoms with Crippen molar-refractivity contribution in [1.29, 1.82) is 0 Å². The molecule has 0 fully saturated rings. The third-order valence-electron chi connectivity index (χ3n) is 3.21. The van der Waals surface area contributed by atoms with E-state index in [1.165, 1.54) is 12.0 Å². The normalized spacial score (nSPS) is 10.2. The van der Waals surface area contributed by atoms with E-state index in [9.17, 15) is 9.59 Å². The van der Waals surface area contributed by atoms with Crippen molar-refractivity contribution in [3.05, 3.63) is 59.9 Å². The lowest BCUT2D eigenvalue weighted by molar-refractivity contribution is -0.141. The number of aromatic nitrogens is 1. The summed E-state index contributed by atoms with van der Waals surface area (Å²) < 4.78 is 6.41. The summed E-state index contributed by atoms with van der Waals surface area (Å²) in [5, 5.41) is 0. The highest BCUT2D eigenvalue weighted by molar-refractivity contribution is 5.94. The van der Waals surface area contributed by atoms with Gasteiger partial charge in [0.15, 0.2) is 0 Å². The van der Waals surface area contributed by atoms with Gasteiger partial charge in [0.05, 0.1) is 7.11 Å². The Morgan fingerprint density at radius 1 is 1.14 bits per heavy atom. The van der Waals surface area contributed by atoms with E-state index in [-0.39, 0.29) is 12.5 Å². The maximum atomic E-state index is 12.6. The third-order valence-corrected chi connectivity index (χ3v) is 3.21. The summed E-state index contributed by atoms with van der Waals surface area (Å²) in [7, 11) is 3.11. The van der Waals surface area contributed by atoms with E-state index in [0.29, 0.717) is 12.2 Å². The van der Waals surface area contributed by atoms with Crippen molar-refractivity contribution >= 4 is 11.9 Å². The van der Waals surface area contributed by atoms with Gasteiger partial charge in [-0.1, -0.05) is 30.3 Å². The Labute approximate surface area is 123 Å². The predicted molar refractivity (Wildman–Crippen MR) is 78.6 cm³/mol. The molecule has 0 spiro atoms. The monoisotopic (exact) mass is 286 g/mol. The van der Waals surface area contributed by atoms with E-state index in [1.807, 2.05) is 30.3 Å². The molecular formula is C16H18N2O3. The van der Waals surface area contributed by atoms with Crippen LogP contribution in [0.15, 0.2) is 48.7 Å². The van der Waals surface area contributed by atoms with Crippen LogP contribution in [0.2, 0.25) is 0 Å². The van der Waals surface area contributed by atoms with E-state index < -0.39 is 5.97 Å². The maximum absolute atomic E-state index is 12.6. The largest absolute Gasteiger partial charge is 0.468 e. The van der Waals surface area contributed by atoms with Gasteiger partial charge in [-0.25, -0.2) is 0 Å². The van der Waals surface area contributed by atoms with Gasteiger partial charge in [-0.3, -0.25) is 9.59 Å². The SMILES string of the molecule is COC(=O)CN(Cc1ccccc1)C(=O)c1cccn1C. The summed E-state index contributed by atoms with van der Waals surface area (Å²) in [6.45, 7) is 0.287. The zero-order chi connectivity index (χ0) is 15.2. The number of carbonyl (C=O) groups excluding carboxylic acids is 2. The van der Waals surface area contributed by atoms with Crippen LogP contribution in [0.25, 0.3) is 0 Å². The molecule has 1 aromatic heterocycles. The Bertz CT molecular complexity index is 619. The highest BCUT2D eigenvalue weighted by atomic mass is 16.5. The van der Waals surface area contributed by atoms with Crippen molar-refractivity contribution in [2.24, 2.45) is 7.05 Å². The van der Waals surface area contributed by atoms with Crippen LogP contribution in [-0.2, 0) is 23.1 Å². The molecule has 110 valence electrons. The molecule has 0 N–H and O–H groups in total. The molecule has 0 aliphatic carbocycles. The van der Waals surface area contributed by atoms with Gasteiger partial charge in [-0.2, -0.15) is 0 Å². The second kappa shape index (κ2) is 6.74. The molecule has 1 heterocycles. The number of hydrogen-bond acceptors (Lipinski definition) is 3. The Kier molecular flexibility index (Phi) is 4.77. The number of carbonyl (C=O) groups is 2. The molecular weight excluding hydrogens is 268 g/mol. The minimum Gasteiger partial charge on any atom is -0.468 e. The quantitative estimate of drug-likeness (QED) is 0.788. The average molecular weight is 286 g/mol. The first-order valence-corrected chi connectivity index (χ1v) is 6.63. The van der Waals surface area contributed by atoms with Gasteiger partial charge >= 0.3 is 5.97 Å². The van der Waals surface area contributed by atoms with Crippen molar-refractivity contribution in [2.75, 3.05) is 13.7 Å². The number of benzene rings is 1. The lowest BCUT2D eigenvalue weighted by atomic mass is 10.2. The van der Waals surface area contributed by atoms with Crippen LogP contribution in [0.3, 0.4) is 0 Å². The van der Waals surface area contributed by atoms with Gasteiger partial charge < -0.3 is 14.2 Å². The first-order valence-electron chi connectivity index (χ1n) is 6.63. The van der Waals surface area contributed by atoms with Gasteiger partial charge in [0.25, 0.3) is 5.91 Å². The number of nitrogens with zero attached hydrogens (tertiary/aromatic N) is 2. The maximum Gasteiger partial charge on any atom is 0.325 e. The third kappa shape index (κ3) is 3.72. The molecule has 1 aromatic carbocycles. The van der Waals surface area contributed by atoms with Crippen LogP contribution in [0, 0.1) is 0 Å².